The van der Waals surface area contributed by atoms with Gasteiger partial charge in [-0.1, -0.05) is 0 Å². The normalized spacial score (nSPS) is 11.6. The Hall–Kier alpha value is -1.83. The van der Waals surface area contributed by atoms with Gasteiger partial charge in [0.05, 0.1) is 13.0 Å². The van der Waals surface area contributed by atoms with Crippen molar-refractivity contribution in [1.29, 1.82) is 0 Å². The number of carbonyl (C=O) groups excluding carboxylic acids is 1. The van der Waals surface area contributed by atoms with E-state index in [0.29, 0.717) is 0 Å². The molecule has 0 aromatic carbocycles. The number of rotatable bonds is 6. The highest BCUT2D eigenvalue weighted by Crippen LogP contribution is 1.95. The first-order valence-electron chi connectivity index (χ1n) is 4.45. The first-order valence-corrected chi connectivity index (χ1v) is 4.45. The van der Waals surface area contributed by atoms with Crippen molar-refractivity contribution < 1.29 is 29.7 Å². The van der Waals surface area contributed by atoms with Crippen molar-refractivity contribution in [3.63, 3.8) is 0 Å². The summed E-state index contributed by atoms with van der Waals surface area (Å²) in [6.45, 7) is -0.230. The number of carboxylic acid groups (broad SMARTS) is 2. The van der Waals surface area contributed by atoms with Crippen molar-refractivity contribution in [3.8, 4) is 0 Å². The fourth-order valence-corrected chi connectivity index (χ4v) is 0.885. The quantitative estimate of drug-likeness (QED) is 0.445. The summed E-state index contributed by atoms with van der Waals surface area (Å²) in [6, 6.07) is -2.23. The SMILES string of the molecule is CN(CCO)C(=O)N[C@H](CC(=O)O)C(=O)O. The molecule has 0 unspecified atom stereocenters. The number of hydrogen-bond donors (Lipinski definition) is 4. The van der Waals surface area contributed by atoms with Gasteiger partial charge < -0.3 is 25.5 Å². The molecular formula is C8H14N2O6. The van der Waals surface area contributed by atoms with Crippen LogP contribution in [0.3, 0.4) is 0 Å². The van der Waals surface area contributed by atoms with Crippen molar-refractivity contribution in [1.82, 2.24) is 10.2 Å². The lowest BCUT2D eigenvalue weighted by Gasteiger charge is -2.19. The lowest BCUT2D eigenvalue weighted by Crippen LogP contribution is -2.48. The minimum atomic E-state index is -1.48. The molecule has 0 radical (unpaired) electrons. The Bertz CT molecular complexity index is 280. The van der Waals surface area contributed by atoms with Crippen LogP contribution in [-0.4, -0.2) is 64.4 Å². The van der Waals surface area contributed by atoms with Gasteiger partial charge in [-0.05, 0) is 0 Å². The van der Waals surface area contributed by atoms with Gasteiger partial charge in [-0.2, -0.15) is 0 Å². The van der Waals surface area contributed by atoms with Crippen LogP contribution in [0.1, 0.15) is 6.42 Å². The molecule has 8 heteroatoms. The molecule has 0 aromatic heterocycles. The summed E-state index contributed by atoms with van der Waals surface area (Å²) in [4.78, 5) is 33.3. The standard InChI is InChI=1S/C8H14N2O6/c1-10(2-3-11)8(16)9-5(7(14)15)4-6(12)13/h5,11H,2-4H2,1H3,(H,9,16)(H,12,13)(H,14,15)/t5-/m1/s1. The second kappa shape index (κ2) is 6.62. The third kappa shape index (κ3) is 5.15. The zero-order valence-corrected chi connectivity index (χ0v) is 8.71. The maximum atomic E-state index is 11.3. The molecule has 0 rings (SSSR count). The topological polar surface area (TPSA) is 127 Å². The zero-order valence-electron chi connectivity index (χ0n) is 8.71. The van der Waals surface area contributed by atoms with Gasteiger partial charge in [0.25, 0.3) is 0 Å². The largest absolute Gasteiger partial charge is 0.481 e. The van der Waals surface area contributed by atoms with Gasteiger partial charge in [0.1, 0.15) is 6.04 Å². The lowest BCUT2D eigenvalue weighted by atomic mass is 10.2. The number of nitrogens with one attached hydrogen (secondary N) is 1. The van der Waals surface area contributed by atoms with Crippen LogP contribution in [0.15, 0.2) is 0 Å². The highest BCUT2D eigenvalue weighted by atomic mass is 16.4. The number of aliphatic carboxylic acids is 2. The Morgan fingerprint density at radius 2 is 1.88 bits per heavy atom. The number of aliphatic hydroxyl groups is 1. The zero-order chi connectivity index (χ0) is 12.7. The van der Waals surface area contributed by atoms with Crippen molar-refractivity contribution in [3.05, 3.63) is 0 Å². The molecule has 0 spiro atoms. The Morgan fingerprint density at radius 3 is 2.25 bits per heavy atom. The van der Waals surface area contributed by atoms with E-state index in [2.05, 4.69) is 0 Å². The lowest BCUT2D eigenvalue weighted by molar-refractivity contribution is -0.145. The van der Waals surface area contributed by atoms with Crippen LogP contribution >= 0.6 is 0 Å². The van der Waals surface area contributed by atoms with Gasteiger partial charge in [-0.25, -0.2) is 9.59 Å². The molecule has 0 heterocycles. The molecule has 0 bridgehead atoms. The van der Waals surface area contributed by atoms with Crippen molar-refractivity contribution in [2.75, 3.05) is 20.2 Å². The number of carbonyl (C=O) groups is 3. The van der Waals surface area contributed by atoms with E-state index in [-0.39, 0.29) is 13.2 Å². The molecule has 0 aliphatic heterocycles. The van der Waals surface area contributed by atoms with Gasteiger partial charge in [0, 0.05) is 13.6 Å². The van der Waals surface area contributed by atoms with Gasteiger partial charge >= 0.3 is 18.0 Å². The van der Waals surface area contributed by atoms with E-state index in [1.165, 1.54) is 7.05 Å². The fraction of sp³-hybridized carbons (Fsp3) is 0.625. The summed E-state index contributed by atoms with van der Waals surface area (Å²) >= 11 is 0. The molecule has 1 atom stereocenters. The second-order valence-electron chi connectivity index (χ2n) is 3.08. The maximum absolute atomic E-state index is 11.3. The molecule has 2 amide bonds. The summed E-state index contributed by atoms with van der Waals surface area (Å²) in [7, 11) is 1.35. The van der Waals surface area contributed by atoms with Crippen LogP contribution in [0.2, 0.25) is 0 Å². The average Bonchev–Trinajstić information content (AvgIpc) is 2.16. The number of hydrogen-bond acceptors (Lipinski definition) is 4. The molecule has 0 saturated carbocycles. The molecule has 92 valence electrons. The fourth-order valence-electron chi connectivity index (χ4n) is 0.885. The van der Waals surface area contributed by atoms with E-state index < -0.39 is 30.4 Å². The molecule has 0 saturated heterocycles. The number of carboxylic acids is 2. The Morgan fingerprint density at radius 1 is 1.31 bits per heavy atom. The number of nitrogens with zero attached hydrogens (tertiary/aromatic N) is 1. The maximum Gasteiger partial charge on any atom is 0.326 e. The second-order valence-corrected chi connectivity index (χ2v) is 3.08. The summed E-state index contributed by atoms with van der Waals surface area (Å²) in [6.07, 6.45) is -0.700. The molecular weight excluding hydrogens is 220 g/mol. The van der Waals surface area contributed by atoms with E-state index in [4.69, 9.17) is 15.3 Å². The van der Waals surface area contributed by atoms with Crippen LogP contribution in [-0.2, 0) is 9.59 Å². The van der Waals surface area contributed by atoms with E-state index in [0.717, 1.165) is 4.90 Å². The number of urea groups is 1. The van der Waals surface area contributed by atoms with Gasteiger partial charge in [0.15, 0.2) is 0 Å². The van der Waals surface area contributed by atoms with Crippen LogP contribution in [0.4, 0.5) is 4.79 Å². The molecule has 0 aromatic rings. The third-order valence-corrected chi connectivity index (χ3v) is 1.76. The highest BCUT2D eigenvalue weighted by molar-refractivity contribution is 5.86. The van der Waals surface area contributed by atoms with Crippen LogP contribution in [0.5, 0.6) is 0 Å². The highest BCUT2D eigenvalue weighted by Gasteiger charge is 2.24. The van der Waals surface area contributed by atoms with E-state index in [9.17, 15) is 14.4 Å². The monoisotopic (exact) mass is 234 g/mol. The summed E-state index contributed by atoms with van der Waals surface area (Å²) < 4.78 is 0. The number of aliphatic hydroxyl groups excluding tert-OH is 1. The van der Waals surface area contributed by atoms with Gasteiger partial charge in [-0.15, -0.1) is 0 Å². The van der Waals surface area contributed by atoms with Crippen LogP contribution < -0.4 is 5.32 Å². The smallest absolute Gasteiger partial charge is 0.326 e. The van der Waals surface area contributed by atoms with Gasteiger partial charge in [0.2, 0.25) is 0 Å². The van der Waals surface area contributed by atoms with E-state index in [1.807, 2.05) is 5.32 Å². The molecule has 8 nitrogen and oxygen atoms in total. The predicted molar refractivity (Wildman–Crippen MR) is 51.9 cm³/mol. The van der Waals surface area contributed by atoms with E-state index >= 15 is 0 Å². The minimum absolute atomic E-state index is 0.0330. The Labute approximate surface area is 91.5 Å². The first-order chi connectivity index (χ1) is 7.38. The molecule has 16 heavy (non-hydrogen) atoms. The minimum Gasteiger partial charge on any atom is -0.481 e. The summed E-state index contributed by atoms with van der Waals surface area (Å²) in [5.41, 5.74) is 0. The van der Waals surface area contributed by atoms with Crippen LogP contribution in [0.25, 0.3) is 0 Å². The number of amides is 2. The van der Waals surface area contributed by atoms with Crippen LogP contribution in [0, 0.1) is 0 Å². The van der Waals surface area contributed by atoms with Crippen molar-refractivity contribution >= 4 is 18.0 Å². The average molecular weight is 234 g/mol. The molecule has 4 N–H and O–H groups in total. The molecule has 0 fully saturated rings. The van der Waals surface area contributed by atoms with Gasteiger partial charge in [-0.3, -0.25) is 4.79 Å². The summed E-state index contributed by atoms with van der Waals surface area (Å²) in [5.74, 6) is -2.74. The molecule has 0 aliphatic carbocycles. The first kappa shape index (κ1) is 14.2. The predicted octanol–water partition coefficient (Wildman–Crippen LogP) is -1.45. The Balaban J connectivity index is 4.34. The Kier molecular flexibility index (Phi) is 5.86. The van der Waals surface area contributed by atoms with Crippen molar-refractivity contribution in [2.24, 2.45) is 0 Å². The third-order valence-electron chi connectivity index (χ3n) is 1.76. The number of likely N-dealkylation sites (N-methyl/N-ethyl adjacent to an activating group) is 1. The van der Waals surface area contributed by atoms with Crippen molar-refractivity contribution in [2.45, 2.75) is 12.5 Å². The van der Waals surface area contributed by atoms with E-state index in [1.54, 1.807) is 0 Å². The summed E-state index contributed by atoms with van der Waals surface area (Å²) in [5, 5.41) is 27.6. The molecule has 0 aliphatic rings.